The van der Waals surface area contributed by atoms with E-state index in [-0.39, 0.29) is 11.6 Å². The fourth-order valence-corrected chi connectivity index (χ4v) is 9.83. The fraction of sp³-hybridized carbons (Fsp3) is 0. The Morgan fingerprint density at radius 2 is 0.474 bits per heavy atom. The van der Waals surface area contributed by atoms with Gasteiger partial charge in [0.15, 0.2) is 34.9 Å². The van der Waals surface area contributed by atoms with Gasteiger partial charge in [-0.05, 0) is 85.3 Å². The zero-order valence-corrected chi connectivity index (χ0v) is 41.8. The van der Waals surface area contributed by atoms with Crippen molar-refractivity contribution in [1.82, 2.24) is 29.9 Å². The quantitative estimate of drug-likeness (QED) is 0.128. The van der Waals surface area contributed by atoms with E-state index in [2.05, 4.69) is 97.1 Å². The van der Waals surface area contributed by atoms with E-state index < -0.39 is 0 Å². The Kier molecular flexibility index (Phi) is 12.5. The average Bonchev–Trinajstić information content (AvgIpc) is 3.52. The zero-order chi connectivity index (χ0) is 52.4. The van der Waals surface area contributed by atoms with Gasteiger partial charge in [0.1, 0.15) is 11.6 Å². The summed E-state index contributed by atoms with van der Waals surface area (Å²) in [5.74, 6) is 2.90. The second-order valence-corrected chi connectivity index (χ2v) is 19.0. The Morgan fingerprint density at radius 1 is 0.192 bits per heavy atom. The molecule has 6 nitrogen and oxygen atoms in total. The van der Waals surface area contributed by atoms with E-state index in [4.69, 9.17) is 29.9 Å². The first kappa shape index (κ1) is 47.3. The van der Waals surface area contributed by atoms with E-state index in [0.717, 1.165) is 94.4 Å². The fourth-order valence-electron chi connectivity index (χ4n) is 9.83. The zero-order valence-electron chi connectivity index (χ0n) is 41.8. The molecule has 0 unspecified atom stereocenters. The van der Waals surface area contributed by atoms with Crippen molar-refractivity contribution in [1.29, 1.82) is 0 Å². The molecule has 8 heteroatoms. The maximum Gasteiger partial charge on any atom is 0.164 e. The first-order valence-electron chi connectivity index (χ1n) is 25.6. The van der Waals surface area contributed by atoms with Crippen LogP contribution in [0.5, 0.6) is 0 Å². The van der Waals surface area contributed by atoms with Crippen LogP contribution >= 0.6 is 0 Å². The topological polar surface area (TPSA) is 77.3 Å². The SMILES string of the molecule is Fc1ccc(-c2ccc(-c3ccc(-c4ccc(-c5nc(-c6ccccc6)nc(-c6cccc(-c7ccc(-c8nc(-c9ccccc9)nc(-c9ccc(-c%10ccc(F)c%11ccccc%10%11)cc9)n8)cc7)c6)n5)cc4)cc3)cc2)cc1. The van der Waals surface area contributed by atoms with E-state index in [1.807, 2.05) is 140 Å². The number of hydrogen-bond acceptors (Lipinski definition) is 6. The monoisotopic (exact) mass is 1010 g/mol. The smallest absolute Gasteiger partial charge is 0.164 e. The van der Waals surface area contributed by atoms with Gasteiger partial charge < -0.3 is 0 Å². The highest BCUT2D eigenvalue weighted by atomic mass is 19.1. The summed E-state index contributed by atoms with van der Waals surface area (Å²) in [5.41, 5.74) is 15.5. The number of halogens is 2. The molecular weight excluding hydrogens is 963 g/mol. The van der Waals surface area contributed by atoms with Gasteiger partial charge in [-0.1, -0.05) is 243 Å². The number of benzene rings is 11. The minimum Gasteiger partial charge on any atom is -0.208 e. The molecule has 0 atom stereocenters. The first-order valence-corrected chi connectivity index (χ1v) is 25.6. The molecule has 11 aromatic carbocycles. The average molecular weight is 1010 g/mol. The second-order valence-electron chi connectivity index (χ2n) is 19.0. The van der Waals surface area contributed by atoms with Crippen LogP contribution < -0.4 is 0 Å². The molecule has 2 aromatic heterocycles. The molecule has 0 fully saturated rings. The molecule has 13 aromatic rings. The molecular formula is C70H44F2N6. The summed E-state index contributed by atoms with van der Waals surface area (Å²) in [5, 5.41) is 1.44. The Morgan fingerprint density at radius 3 is 0.885 bits per heavy atom. The lowest BCUT2D eigenvalue weighted by atomic mass is 9.97. The maximum absolute atomic E-state index is 14.7. The van der Waals surface area contributed by atoms with Crippen LogP contribution in [0.15, 0.2) is 267 Å². The van der Waals surface area contributed by atoms with Crippen molar-refractivity contribution in [2.45, 2.75) is 0 Å². The van der Waals surface area contributed by atoms with Gasteiger partial charge in [0.05, 0.1) is 0 Å². The van der Waals surface area contributed by atoms with E-state index in [9.17, 15) is 8.78 Å². The van der Waals surface area contributed by atoms with Gasteiger partial charge in [-0.25, -0.2) is 38.7 Å². The number of hydrogen-bond donors (Lipinski definition) is 0. The molecule has 2 heterocycles. The van der Waals surface area contributed by atoms with Gasteiger partial charge in [0, 0.05) is 38.8 Å². The van der Waals surface area contributed by atoms with Crippen molar-refractivity contribution < 1.29 is 8.78 Å². The van der Waals surface area contributed by atoms with Crippen LogP contribution in [0.4, 0.5) is 8.78 Å². The molecule has 0 N–H and O–H groups in total. The summed E-state index contributed by atoms with van der Waals surface area (Å²) in [6, 6.07) is 87.2. The molecule has 78 heavy (non-hydrogen) atoms. The Labute approximate surface area is 449 Å². The van der Waals surface area contributed by atoms with E-state index in [1.165, 1.54) is 18.2 Å². The van der Waals surface area contributed by atoms with Crippen LogP contribution in [0, 0.1) is 11.6 Å². The normalized spacial score (nSPS) is 11.2. The van der Waals surface area contributed by atoms with Crippen molar-refractivity contribution in [3.63, 3.8) is 0 Å². The molecule has 0 saturated heterocycles. The molecule has 0 aliphatic carbocycles. The van der Waals surface area contributed by atoms with Crippen molar-refractivity contribution in [3.8, 4) is 124 Å². The van der Waals surface area contributed by atoms with Crippen molar-refractivity contribution in [2.24, 2.45) is 0 Å². The summed E-state index contributed by atoms with van der Waals surface area (Å²) in [4.78, 5) is 30.1. The van der Waals surface area contributed by atoms with Crippen LogP contribution in [0.3, 0.4) is 0 Å². The number of fused-ring (bicyclic) bond motifs is 1. The van der Waals surface area contributed by atoms with Gasteiger partial charge in [0.25, 0.3) is 0 Å². The van der Waals surface area contributed by atoms with Crippen LogP contribution in [0.25, 0.3) is 135 Å². The number of nitrogens with zero attached hydrogens (tertiary/aromatic N) is 6. The van der Waals surface area contributed by atoms with Gasteiger partial charge in [-0.15, -0.1) is 0 Å². The lowest BCUT2D eigenvalue weighted by molar-refractivity contribution is 0.628. The molecule has 0 radical (unpaired) electrons. The molecule has 13 rings (SSSR count). The number of aromatic nitrogens is 6. The van der Waals surface area contributed by atoms with Crippen molar-refractivity contribution in [3.05, 3.63) is 279 Å². The van der Waals surface area contributed by atoms with E-state index in [0.29, 0.717) is 40.3 Å². The molecule has 0 aliphatic heterocycles. The summed E-state index contributed by atoms with van der Waals surface area (Å²) in [6.07, 6.45) is 0. The third-order valence-electron chi connectivity index (χ3n) is 14.0. The highest BCUT2D eigenvalue weighted by Crippen LogP contribution is 2.35. The Hall–Kier alpha value is -10.4. The Bertz CT molecular complexity index is 4270. The molecule has 0 spiro atoms. The van der Waals surface area contributed by atoms with Crippen LogP contribution in [-0.2, 0) is 0 Å². The minimum absolute atomic E-state index is 0.241. The van der Waals surface area contributed by atoms with Gasteiger partial charge in [0.2, 0.25) is 0 Å². The van der Waals surface area contributed by atoms with Crippen LogP contribution in [0.2, 0.25) is 0 Å². The summed E-state index contributed by atoms with van der Waals surface area (Å²) in [7, 11) is 0. The summed E-state index contributed by atoms with van der Waals surface area (Å²) >= 11 is 0. The minimum atomic E-state index is -0.242. The Balaban J connectivity index is 0.773. The highest BCUT2D eigenvalue weighted by molar-refractivity contribution is 5.97. The largest absolute Gasteiger partial charge is 0.208 e. The summed E-state index contributed by atoms with van der Waals surface area (Å²) < 4.78 is 28.2. The second kappa shape index (κ2) is 20.7. The lowest BCUT2D eigenvalue weighted by Gasteiger charge is -2.11. The van der Waals surface area contributed by atoms with Gasteiger partial charge in [-0.3, -0.25) is 0 Å². The number of rotatable bonds is 11. The first-order chi connectivity index (χ1) is 38.4. The lowest BCUT2D eigenvalue weighted by Crippen LogP contribution is -2.00. The van der Waals surface area contributed by atoms with Crippen LogP contribution in [0.1, 0.15) is 0 Å². The predicted octanol–water partition coefficient (Wildman–Crippen LogP) is 17.8. The van der Waals surface area contributed by atoms with Crippen LogP contribution in [-0.4, -0.2) is 29.9 Å². The van der Waals surface area contributed by atoms with Crippen molar-refractivity contribution in [2.75, 3.05) is 0 Å². The van der Waals surface area contributed by atoms with E-state index >= 15 is 0 Å². The standard InChI is InChI=1S/C70H44F2N6/c71-60-40-38-50(39-41-60)48-24-22-46(23-25-48)45-18-20-47(21-19-45)49-26-32-55(33-27-49)69-75-66(54-12-5-2-6-13-54)77-70(78-69)59-15-9-14-58(44-59)51-28-34-56(35-29-51)67-73-65(53-10-3-1-4-11-53)74-68(76-67)57-36-30-52(31-37-57)61-42-43-64(72)63-17-8-7-16-62(61)63/h1-44H. The highest BCUT2D eigenvalue weighted by Gasteiger charge is 2.17. The third kappa shape index (κ3) is 9.73. The van der Waals surface area contributed by atoms with Gasteiger partial charge in [-0.2, -0.15) is 0 Å². The summed E-state index contributed by atoms with van der Waals surface area (Å²) in [6.45, 7) is 0. The third-order valence-corrected chi connectivity index (χ3v) is 14.0. The molecule has 0 amide bonds. The predicted molar refractivity (Wildman–Crippen MR) is 310 cm³/mol. The maximum atomic E-state index is 14.7. The van der Waals surface area contributed by atoms with Crippen molar-refractivity contribution >= 4 is 10.8 Å². The molecule has 0 saturated carbocycles. The molecule has 0 bridgehead atoms. The van der Waals surface area contributed by atoms with E-state index in [1.54, 1.807) is 12.1 Å². The molecule has 0 aliphatic rings. The molecule has 368 valence electrons. The van der Waals surface area contributed by atoms with Gasteiger partial charge >= 0.3 is 0 Å².